The van der Waals surface area contributed by atoms with Crippen molar-refractivity contribution in [3.05, 3.63) is 84.2 Å². The number of imidazole rings is 2. The molecule has 2 fully saturated rings. The summed E-state index contributed by atoms with van der Waals surface area (Å²) in [6, 6.07) is 14.5. The van der Waals surface area contributed by atoms with Gasteiger partial charge in [0.25, 0.3) is 0 Å². The lowest BCUT2D eigenvalue weighted by atomic mass is 10.0. The predicted molar refractivity (Wildman–Crippen MR) is 212 cm³/mol. The maximum atomic E-state index is 13.8. The van der Waals surface area contributed by atoms with E-state index < -0.39 is 24.3 Å². The number of H-pyrrole nitrogens is 2. The van der Waals surface area contributed by atoms with E-state index in [2.05, 4.69) is 49.9 Å². The fourth-order valence-corrected chi connectivity index (χ4v) is 7.50. The smallest absolute Gasteiger partial charge is 0.407 e. The SMILES string of the molecule is CC=C1C[C@H](c2ncc(-c3ccc(-c4ccc(-c5cnc([C@@H]6CCCN6C(=O)[C@@H](NC(=O)OC)C(C)C)[nH]5)cc4)cc3)[nH]2)N(C(=O)[C@H](NC(=O)OC)C(C)C)C1. The van der Waals surface area contributed by atoms with Crippen LogP contribution in [-0.4, -0.2) is 93.1 Å². The quantitative estimate of drug-likeness (QED) is 0.121. The van der Waals surface area contributed by atoms with Crippen molar-refractivity contribution < 1.29 is 28.7 Å². The number of ether oxygens (including phenoxy) is 2. The second-order valence-electron chi connectivity index (χ2n) is 15.1. The molecule has 2 aliphatic heterocycles. The van der Waals surface area contributed by atoms with Crippen molar-refractivity contribution in [3.8, 4) is 33.6 Å². The highest BCUT2D eigenvalue weighted by Gasteiger charge is 2.40. The lowest BCUT2D eigenvalue weighted by Gasteiger charge is -2.30. The molecule has 2 aromatic heterocycles. The highest BCUT2D eigenvalue weighted by atomic mass is 16.5. The number of methoxy groups -OCH3 is 2. The summed E-state index contributed by atoms with van der Waals surface area (Å²) >= 11 is 0. The Morgan fingerprint density at radius 3 is 1.61 bits per heavy atom. The topological polar surface area (TPSA) is 175 Å². The Morgan fingerprint density at radius 2 is 1.16 bits per heavy atom. The minimum absolute atomic E-state index is 0.107. The van der Waals surface area contributed by atoms with Gasteiger partial charge in [-0.3, -0.25) is 9.59 Å². The number of aromatic amines is 2. The maximum Gasteiger partial charge on any atom is 0.407 e. The van der Waals surface area contributed by atoms with E-state index in [9.17, 15) is 19.2 Å². The molecule has 0 spiro atoms. The van der Waals surface area contributed by atoms with Gasteiger partial charge in [-0.15, -0.1) is 0 Å². The van der Waals surface area contributed by atoms with Gasteiger partial charge in [0.05, 0.1) is 50.1 Å². The Kier molecular flexibility index (Phi) is 12.3. The molecule has 4 aromatic rings. The van der Waals surface area contributed by atoms with Gasteiger partial charge in [-0.05, 0) is 60.3 Å². The van der Waals surface area contributed by atoms with Gasteiger partial charge in [-0.25, -0.2) is 19.6 Å². The molecule has 14 nitrogen and oxygen atoms in total. The van der Waals surface area contributed by atoms with Gasteiger partial charge in [0.15, 0.2) is 0 Å². The van der Waals surface area contributed by atoms with Gasteiger partial charge in [0.1, 0.15) is 23.7 Å². The number of hydrogen-bond donors (Lipinski definition) is 4. The van der Waals surface area contributed by atoms with Crippen molar-refractivity contribution in [2.24, 2.45) is 11.8 Å². The summed E-state index contributed by atoms with van der Waals surface area (Å²) in [5.41, 5.74) is 6.86. The molecule has 296 valence electrons. The number of nitrogens with zero attached hydrogens (tertiary/aromatic N) is 4. The molecule has 4 atom stereocenters. The summed E-state index contributed by atoms with van der Waals surface area (Å²) in [5.74, 6) is 0.854. The van der Waals surface area contributed by atoms with Crippen LogP contribution < -0.4 is 10.6 Å². The van der Waals surface area contributed by atoms with E-state index in [1.54, 1.807) is 22.2 Å². The van der Waals surface area contributed by atoms with Crippen LogP contribution in [0.2, 0.25) is 0 Å². The van der Waals surface area contributed by atoms with E-state index in [0.29, 0.717) is 25.3 Å². The van der Waals surface area contributed by atoms with E-state index in [-0.39, 0.29) is 35.7 Å². The fraction of sp³-hybridized carbons (Fsp3) is 0.429. The van der Waals surface area contributed by atoms with Crippen LogP contribution in [0.4, 0.5) is 9.59 Å². The Balaban J connectivity index is 1.13. The van der Waals surface area contributed by atoms with Crippen molar-refractivity contribution >= 4 is 24.0 Å². The average molecular weight is 765 g/mol. The third-order valence-electron chi connectivity index (χ3n) is 10.8. The van der Waals surface area contributed by atoms with Crippen LogP contribution >= 0.6 is 0 Å². The van der Waals surface area contributed by atoms with Gasteiger partial charge in [0, 0.05) is 13.1 Å². The third-order valence-corrected chi connectivity index (χ3v) is 10.8. The van der Waals surface area contributed by atoms with Crippen LogP contribution in [0.15, 0.2) is 72.6 Å². The number of amides is 4. The molecule has 0 bridgehead atoms. The molecular weight excluding hydrogens is 713 g/mol. The van der Waals surface area contributed by atoms with E-state index >= 15 is 0 Å². The number of alkyl carbamates (subject to hydrolysis) is 2. The molecule has 2 saturated heterocycles. The first-order chi connectivity index (χ1) is 26.9. The van der Waals surface area contributed by atoms with Crippen molar-refractivity contribution in [1.29, 1.82) is 0 Å². The monoisotopic (exact) mass is 764 g/mol. The molecule has 2 aromatic carbocycles. The Hall–Kier alpha value is -5.92. The predicted octanol–water partition coefficient (Wildman–Crippen LogP) is 6.78. The van der Waals surface area contributed by atoms with Crippen LogP contribution in [0, 0.1) is 11.8 Å². The Morgan fingerprint density at radius 1 is 0.714 bits per heavy atom. The number of allylic oxidation sites excluding steroid dienone is 1. The molecule has 4 N–H and O–H groups in total. The highest BCUT2D eigenvalue weighted by Crippen LogP contribution is 2.37. The van der Waals surface area contributed by atoms with Crippen molar-refractivity contribution in [2.45, 2.75) is 78.0 Å². The number of benzene rings is 2. The first kappa shape index (κ1) is 39.8. The Labute approximate surface area is 327 Å². The minimum Gasteiger partial charge on any atom is -0.453 e. The molecule has 0 aliphatic carbocycles. The van der Waals surface area contributed by atoms with E-state index in [0.717, 1.165) is 57.9 Å². The molecule has 4 amide bonds. The summed E-state index contributed by atoms with van der Waals surface area (Å²) in [6.07, 6.45) is 6.64. The first-order valence-corrected chi connectivity index (χ1v) is 19.2. The van der Waals surface area contributed by atoms with E-state index in [4.69, 9.17) is 14.5 Å². The van der Waals surface area contributed by atoms with Crippen molar-refractivity contribution in [2.75, 3.05) is 27.3 Å². The lowest BCUT2D eigenvalue weighted by molar-refractivity contribution is -0.136. The summed E-state index contributed by atoms with van der Waals surface area (Å²) in [4.78, 5) is 71.1. The zero-order chi connectivity index (χ0) is 40.1. The average Bonchev–Trinajstić information content (AvgIpc) is 4.04. The summed E-state index contributed by atoms with van der Waals surface area (Å²) < 4.78 is 9.54. The van der Waals surface area contributed by atoms with Gasteiger partial charge in [-0.1, -0.05) is 87.9 Å². The molecule has 0 saturated carbocycles. The van der Waals surface area contributed by atoms with Gasteiger partial charge in [0.2, 0.25) is 11.8 Å². The highest BCUT2D eigenvalue weighted by molar-refractivity contribution is 5.87. The van der Waals surface area contributed by atoms with Crippen LogP contribution in [0.25, 0.3) is 33.6 Å². The summed E-state index contributed by atoms with van der Waals surface area (Å²) in [7, 11) is 2.57. The molecule has 2 aliphatic rings. The molecule has 0 radical (unpaired) electrons. The second-order valence-corrected chi connectivity index (χ2v) is 15.1. The van der Waals surface area contributed by atoms with Crippen LogP contribution in [-0.2, 0) is 19.1 Å². The van der Waals surface area contributed by atoms with Crippen LogP contribution in [0.1, 0.15) is 77.6 Å². The number of nitrogens with one attached hydrogen (secondary N) is 4. The molecule has 56 heavy (non-hydrogen) atoms. The summed E-state index contributed by atoms with van der Waals surface area (Å²) in [5, 5.41) is 5.40. The first-order valence-electron chi connectivity index (χ1n) is 19.2. The molecular formula is C42H52N8O6. The lowest BCUT2D eigenvalue weighted by Crippen LogP contribution is -2.51. The number of carbonyl (C=O) groups is 4. The van der Waals surface area contributed by atoms with Crippen molar-refractivity contribution in [3.63, 3.8) is 0 Å². The number of carbonyl (C=O) groups excluding carboxylic acids is 4. The maximum absolute atomic E-state index is 13.8. The van der Waals surface area contributed by atoms with Crippen molar-refractivity contribution in [1.82, 2.24) is 40.4 Å². The molecule has 4 heterocycles. The fourth-order valence-electron chi connectivity index (χ4n) is 7.50. The number of rotatable bonds is 11. The number of likely N-dealkylation sites (tertiary alicyclic amines) is 2. The van der Waals surface area contributed by atoms with E-state index in [1.807, 2.05) is 65.0 Å². The third kappa shape index (κ3) is 8.48. The second kappa shape index (κ2) is 17.3. The van der Waals surface area contributed by atoms with Gasteiger partial charge in [-0.2, -0.15) is 0 Å². The van der Waals surface area contributed by atoms with E-state index in [1.165, 1.54) is 14.2 Å². The summed E-state index contributed by atoms with van der Waals surface area (Å²) in [6.45, 7) is 10.6. The van der Waals surface area contributed by atoms with Crippen LogP contribution in [0.3, 0.4) is 0 Å². The zero-order valence-electron chi connectivity index (χ0n) is 33.1. The zero-order valence-corrected chi connectivity index (χ0v) is 33.1. The number of hydrogen-bond acceptors (Lipinski definition) is 8. The molecule has 0 unspecified atom stereocenters. The van der Waals surface area contributed by atoms with Gasteiger partial charge >= 0.3 is 12.2 Å². The largest absolute Gasteiger partial charge is 0.453 e. The normalized spacial score (nSPS) is 18.7. The molecule has 6 rings (SSSR count). The standard InChI is InChI=1S/C42H52N8O6/c1-8-26-20-34(50(23-26)40(52)36(25(4)5)48-42(54)56-7)38-44-22-32(46-38)30-17-13-28(14-18-30)27-11-15-29(16-12-27)31-21-43-37(45-31)33-10-9-19-49(33)39(51)35(24(2)3)47-41(53)55-6/h8,11-18,21-22,24-25,33-36H,9-10,19-20,23H2,1-7H3,(H,43,45)(H,44,46)(H,47,53)(H,48,54)/t33-,34+,35-,36+/m0/s1. The van der Waals surface area contributed by atoms with Crippen LogP contribution in [0.5, 0.6) is 0 Å². The molecule has 14 heteroatoms. The Bertz CT molecular complexity index is 2050. The minimum atomic E-state index is -0.726. The number of aromatic nitrogens is 4. The van der Waals surface area contributed by atoms with Gasteiger partial charge < -0.3 is 39.9 Å².